The molecule has 1 fully saturated rings. The number of fused-ring (bicyclic) bond motifs is 1. The predicted octanol–water partition coefficient (Wildman–Crippen LogP) is 2.73. The van der Waals surface area contributed by atoms with Crippen LogP contribution in [0.15, 0.2) is 24.3 Å². The summed E-state index contributed by atoms with van der Waals surface area (Å²) in [5.74, 6) is 0. The van der Waals surface area contributed by atoms with Gasteiger partial charge in [0, 0.05) is 0 Å². The molecule has 19 heavy (non-hydrogen) atoms. The first kappa shape index (κ1) is 13.1. The van der Waals surface area contributed by atoms with Gasteiger partial charge in [0.1, 0.15) is 13.4 Å². The molecule has 0 N–H and O–H groups in total. The van der Waals surface area contributed by atoms with E-state index in [1.165, 1.54) is 11.1 Å². The van der Waals surface area contributed by atoms with Crippen molar-refractivity contribution in [2.75, 3.05) is 13.4 Å². The monoisotopic (exact) mass is 263 g/mol. The summed E-state index contributed by atoms with van der Waals surface area (Å²) in [6, 6.07) is 8.50. The SMILES string of the molecule is CC1(C)c2ccccc2C(C)(C)N1OC1COCO1. The largest absolute Gasteiger partial charge is 0.350 e. The molecule has 1 atom stereocenters. The Kier molecular flexibility index (Phi) is 2.94. The van der Waals surface area contributed by atoms with E-state index < -0.39 is 0 Å². The van der Waals surface area contributed by atoms with Gasteiger partial charge in [0.25, 0.3) is 0 Å². The van der Waals surface area contributed by atoms with Crippen LogP contribution in [0.4, 0.5) is 0 Å². The Morgan fingerprint density at radius 2 is 1.68 bits per heavy atom. The molecule has 0 aliphatic carbocycles. The lowest BCUT2D eigenvalue weighted by Gasteiger charge is -2.40. The van der Waals surface area contributed by atoms with Crippen molar-refractivity contribution in [2.24, 2.45) is 0 Å². The molecule has 1 aromatic rings. The number of benzene rings is 1. The van der Waals surface area contributed by atoms with Crippen LogP contribution in [0, 0.1) is 0 Å². The second-order valence-corrected chi connectivity index (χ2v) is 6.15. The average molecular weight is 263 g/mol. The Bertz CT molecular complexity index is 443. The van der Waals surface area contributed by atoms with Crippen LogP contribution in [0.25, 0.3) is 0 Å². The van der Waals surface area contributed by atoms with Crippen LogP contribution in [-0.4, -0.2) is 24.8 Å². The van der Waals surface area contributed by atoms with Crippen LogP contribution < -0.4 is 0 Å². The van der Waals surface area contributed by atoms with Gasteiger partial charge in [0.15, 0.2) is 0 Å². The zero-order valence-electron chi connectivity index (χ0n) is 12.0. The number of hydrogen-bond acceptors (Lipinski definition) is 4. The van der Waals surface area contributed by atoms with Crippen LogP contribution in [-0.2, 0) is 25.4 Å². The maximum Gasteiger partial charge on any atom is 0.203 e. The fourth-order valence-electron chi connectivity index (χ4n) is 3.23. The molecule has 0 saturated carbocycles. The molecule has 2 aliphatic rings. The van der Waals surface area contributed by atoms with Gasteiger partial charge >= 0.3 is 0 Å². The summed E-state index contributed by atoms with van der Waals surface area (Å²) in [6.45, 7) is 9.50. The molecule has 0 spiro atoms. The van der Waals surface area contributed by atoms with Crippen LogP contribution in [0.3, 0.4) is 0 Å². The molecule has 3 rings (SSSR count). The second kappa shape index (κ2) is 4.28. The molecule has 2 heterocycles. The number of hydroxylamine groups is 2. The molecule has 1 saturated heterocycles. The summed E-state index contributed by atoms with van der Waals surface area (Å²) in [5, 5.41) is 2.05. The van der Waals surface area contributed by atoms with E-state index >= 15 is 0 Å². The molecule has 104 valence electrons. The molecular weight excluding hydrogens is 242 g/mol. The normalized spacial score (nSPS) is 28.5. The van der Waals surface area contributed by atoms with Crippen molar-refractivity contribution in [3.63, 3.8) is 0 Å². The summed E-state index contributed by atoms with van der Waals surface area (Å²) in [6.07, 6.45) is -0.312. The lowest BCUT2D eigenvalue weighted by Crippen LogP contribution is -2.47. The van der Waals surface area contributed by atoms with Gasteiger partial charge in [-0.3, -0.25) is 4.84 Å². The third kappa shape index (κ3) is 1.91. The maximum absolute atomic E-state index is 6.07. The summed E-state index contributed by atoms with van der Waals surface area (Å²) in [4.78, 5) is 6.07. The Morgan fingerprint density at radius 3 is 2.16 bits per heavy atom. The van der Waals surface area contributed by atoms with Crippen LogP contribution in [0.2, 0.25) is 0 Å². The van der Waals surface area contributed by atoms with Crippen molar-refractivity contribution in [3.8, 4) is 0 Å². The third-order valence-electron chi connectivity index (χ3n) is 4.07. The van der Waals surface area contributed by atoms with Gasteiger partial charge in [-0.05, 0) is 38.8 Å². The summed E-state index contributed by atoms with van der Waals surface area (Å²) >= 11 is 0. The Balaban J connectivity index is 1.96. The summed E-state index contributed by atoms with van der Waals surface area (Å²) < 4.78 is 10.6. The highest BCUT2D eigenvalue weighted by atomic mass is 16.9. The van der Waals surface area contributed by atoms with Crippen LogP contribution in [0.1, 0.15) is 38.8 Å². The lowest BCUT2D eigenvalue weighted by molar-refractivity contribution is -0.329. The standard InChI is InChI=1S/C15H21NO3/c1-14(2)11-7-5-6-8-12(11)15(3,4)16(14)19-13-9-17-10-18-13/h5-8,13H,9-10H2,1-4H3. The minimum atomic E-state index is -0.312. The molecule has 1 unspecified atom stereocenters. The fraction of sp³-hybridized carbons (Fsp3) is 0.600. The molecule has 1 aromatic carbocycles. The van der Waals surface area contributed by atoms with Gasteiger partial charge in [-0.15, -0.1) is 0 Å². The molecule has 0 amide bonds. The van der Waals surface area contributed by atoms with E-state index in [1.54, 1.807) is 0 Å². The van der Waals surface area contributed by atoms with Gasteiger partial charge in [-0.25, -0.2) is 0 Å². The molecular formula is C15H21NO3. The van der Waals surface area contributed by atoms with Crippen molar-refractivity contribution < 1.29 is 14.3 Å². The van der Waals surface area contributed by atoms with Gasteiger partial charge < -0.3 is 9.47 Å². The topological polar surface area (TPSA) is 30.9 Å². The lowest BCUT2D eigenvalue weighted by atomic mass is 9.91. The number of ether oxygens (including phenoxy) is 2. The highest BCUT2D eigenvalue weighted by Gasteiger charge is 2.51. The highest BCUT2D eigenvalue weighted by Crippen LogP contribution is 2.49. The van der Waals surface area contributed by atoms with E-state index in [0.717, 1.165) is 0 Å². The van der Waals surface area contributed by atoms with Crippen molar-refractivity contribution in [1.82, 2.24) is 5.06 Å². The molecule has 0 aromatic heterocycles. The fourth-order valence-corrected chi connectivity index (χ4v) is 3.23. The smallest absolute Gasteiger partial charge is 0.203 e. The molecule has 4 nitrogen and oxygen atoms in total. The van der Waals surface area contributed by atoms with Crippen molar-refractivity contribution in [2.45, 2.75) is 45.1 Å². The van der Waals surface area contributed by atoms with Gasteiger partial charge in [0.05, 0.1) is 11.1 Å². The zero-order chi connectivity index (χ0) is 13.7. The van der Waals surface area contributed by atoms with E-state index in [9.17, 15) is 0 Å². The van der Waals surface area contributed by atoms with Gasteiger partial charge in [-0.1, -0.05) is 24.3 Å². The number of hydrogen-bond donors (Lipinski definition) is 0. The molecule has 4 heteroatoms. The second-order valence-electron chi connectivity index (χ2n) is 6.15. The first-order valence-corrected chi connectivity index (χ1v) is 6.70. The zero-order valence-corrected chi connectivity index (χ0v) is 12.0. The quantitative estimate of drug-likeness (QED) is 0.821. The van der Waals surface area contributed by atoms with Gasteiger partial charge in [-0.2, -0.15) is 5.06 Å². The van der Waals surface area contributed by atoms with Gasteiger partial charge in [0.2, 0.25) is 6.29 Å². The third-order valence-corrected chi connectivity index (χ3v) is 4.07. The maximum atomic E-state index is 6.07. The van der Waals surface area contributed by atoms with E-state index in [2.05, 4.69) is 52.0 Å². The number of nitrogens with zero attached hydrogens (tertiary/aromatic N) is 1. The minimum Gasteiger partial charge on any atom is -0.350 e. The Morgan fingerprint density at radius 1 is 1.11 bits per heavy atom. The molecule has 2 aliphatic heterocycles. The van der Waals surface area contributed by atoms with E-state index in [1.807, 2.05) is 5.06 Å². The molecule has 0 radical (unpaired) electrons. The van der Waals surface area contributed by atoms with E-state index in [0.29, 0.717) is 13.4 Å². The van der Waals surface area contributed by atoms with Crippen LogP contribution in [0.5, 0.6) is 0 Å². The van der Waals surface area contributed by atoms with Crippen molar-refractivity contribution in [3.05, 3.63) is 35.4 Å². The first-order valence-electron chi connectivity index (χ1n) is 6.70. The van der Waals surface area contributed by atoms with E-state index in [-0.39, 0.29) is 17.4 Å². The summed E-state index contributed by atoms with van der Waals surface area (Å²) in [5.41, 5.74) is 2.23. The average Bonchev–Trinajstić information content (AvgIpc) is 2.92. The summed E-state index contributed by atoms with van der Waals surface area (Å²) in [7, 11) is 0. The van der Waals surface area contributed by atoms with E-state index in [4.69, 9.17) is 14.3 Å². The minimum absolute atomic E-state index is 0.188. The molecule has 0 bridgehead atoms. The van der Waals surface area contributed by atoms with Crippen molar-refractivity contribution in [1.29, 1.82) is 0 Å². The predicted molar refractivity (Wildman–Crippen MR) is 71.1 cm³/mol. The van der Waals surface area contributed by atoms with Crippen molar-refractivity contribution >= 4 is 0 Å². The Labute approximate surface area is 114 Å². The number of rotatable bonds is 2. The Hall–Kier alpha value is -0.940. The highest BCUT2D eigenvalue weighted by molar-refractivity contribution is 5.42. The van der Waals surface area contributed by atoms with Crippen LogP contribution >= 0.6 is 0 Å². The first-order chi connectivity index (χ1) is 8.94.